The van der Waals surface area contributed by atoms with Crippen LogP contribution in [0, 0.1) is 0 Å². The molecule has 1 saturated carbocycles. The molecule has 1 aliphatic carbocycles. The van der Waals surface area contributed by atoms with Crippen molar-refractivity contribution in [1.82, 2.24) is 4.98 Å². The highest BCUT2D eigenvalue weighted by Crippen LogP contribution is 2.45. The Morgan fingerprint density at radius 2 is 2.11 bits per heavy atom. The normalized spacial score (nSPS) is 14.6. The summed E-state index contributed by atoms with van der Waals surface area (Å²) in [6, 6.07) is 5.10. The van der Waals surface area contributed by atoms with E-state index >= 15 is 0 Å². The highest BCUT2D eigenvalue weighted by Gasteiger charge is 2.32. The van der Waals surface area contributed by atoms with Gasteiger partial charge in [-0.3, -0.25) is 0 Å². The van der Waals surface area contributed by atoms with Crippen LogP contribution in [0.3, 0.4) is 0 Å². The summed E-state index contributed by atoms with van der Waals surface area (Å²) in [5, 5.41) is 10.9. The molecule has 19 heavy (non-hydrogen) atoms. The zero-order chi connectivity index (χ0) is 13.6. The summed E-state index contributed by atoms with van der Waals surface area (Å²) in [5.41, 5.74) is 1.37. The van der Waals surface area contributed by atoms with Crippen molar-refractivity contribution in [3.8, 4) is 10.6 Å². The van der Waals surface area contributed by atoms with Crippen LogP contribution in [0.4, 0.5) is 0 Å². The number of aromatic carboxylic acids is 1. The molecule has 2 aromatic rings. The van der Waals surface area contributed by atoms with E-state index < -0.39 is 5.97 Å². The number of hydrogen-bond donors (Lipinski definition) is 1. The minimum Gasteiger partial charge on any atom is -0.477 e. The van der Waals surface area contributed by atoms with Gasteiger partial charge in [0.15, 0.2) is 0 Å². The number of aromatic nitrogens is 1. The number of rotatable bonds is 3. The molecule has 0 radical (unpaired) electrons. The maximum absolute atomic E-state index is 11.3. The fraction of sp³-hybridized carbons (Fsp3) is 0.231. The van der Waals surface area contributed by atoms with Crippen LogP contribution in [-0.4, -0.2) is 16.1 Å². The molecule has 6 heteroatoms. The summed E-state index contributed by atoms with van der Waals surface area (Å²) in [6.07, 6.45) is 2.01. The van der Waals surface area contributed by atoms with E-state index in [0.717, 1.165) is 24.2 Å². The Morgan fingerprint density at radius 1 is 1.37 bits per heavy atom. The van der Waals surface area contributed by atoms with Crippen LogP contribution >= 0.6 is 34.5 Å². The Hall–Kier alpha value is -1.10. The number of thiazole rings is 1. The van der Waals surface area contributed by atoms with Gasteiger partial charge >= 0.3 is 5.97 Å². The summed E-state index contributed by atoms with van der Waals surface area (Å²) in [7, 11) is 0. The maximum Gasteiger partial charge on any atom is 0.347 e. The van der Waals surface area contributed by atoms with E-state index in [-0.39, 0.29) is 5.92 Å². The molecule has 1 aromatic carbocycles. The number of carbonyl (C=O) groups is 1. The average molecular weight is 314 g/mol. The van der Waals surface area contributed by atoms with E-state index in [1.807, 2.05) is 0 Å². The Balaban J connectivity index is 2.12. The van der Waals surface area contributed by atoms with Gasteiger partial charge in [0.25, 0.3) is 0 Å². The lowest BCUT2D eigenvalue weighted by molar-refractivity contribution is 0.0700. The third kappa shape index (κ3) is 2.48. The molecule has 0 aliphatic heterocycles. The molecule has 3 rings (SSSR count). The van der Waals surface area contributed by atoms with Gasteiger partial charge < -0.3 is 5.11 Å². The Labute approximate surface area is 123 Å². The molecule has 1 aromatic heterocycles. The second kappa shape index (κ2) is 4.78. The number of halogens is 2. The Morgan fingerprint density at radius 3 is 2.74 bits per heavy atom. The van der Waals surface area contributed by atoms with Gasteiger partial charge in [0.2, 0.25) is 0 Å². The van der Waals surface area contributed by atoms with Crippen LogP contribution in [0.2, 0.25) is 10.0 Å². The molecule has 0 saturated heterocycles. The van der Waals surface area contributed by atoms with E-state index in [2.05, 4.69) is 4.98 Å². The average Bonchev–Trinajstić information content (AvgIpc) is 3.11. The predicted molar refractivity (Wildman–Crippen MR) is 76.5 cm³/mol. The SMILES string of the molecule is O=C(O)c1sc(-c2cc(Cl)ccc2Cl)nc1C1CC1. The molecule has 1 heterocycles. The lowest BCUT2D eigenvalue weighted by atomic mass is 10.2. The molecule has 0 spiro atoms. The summed E-state index contributed by atoms with van der Waals surface area (Å²) in [6.45, 7) is 0. The van der Waals surface area contributed by atoms with Gasteiger partial charge in [0.05, 0.1) is 10.7 Å². The summed E-state index contributed by atoms with van der Waals surface area (Å²) in [4.78, 5) is 16.0. The van der Waals surface area contributed by atoms with Crippen molar-refractivity contribution in [2.24, 2.45) is 0 Å². The van der Waals surface area contributed by atoms with Crippen molar-refractivity contribution >= 4 is 40.5 Å². The quantitative estimate of drug-likeness (QED) is 0.894. The Bertz CT molecular complexity index is 665. The van der Waals surface area contributed by atoms with Crippen LogP contribution in [-0.2, 0) is 0 Å². The Kier molecular flexibility index (Phi) is 3.25. The second-order valence-electron chi connectivity index (χ2n) is 4.44. The van der Waals surface area contributed by atoms with Crippen LogP contribution in [0.25, 0.3) is 10.6 Å². The summed E-state index contributed by atoms with van der Waals surface area (Å²) >= 11 is 13.2. The zero-order valence-electron chi connectivity index (χ0n) is 9.69. The first-order chi connectivity index (χ1) is 9.06. The predicted octanol–water partition coefficient (Wildman–Crippen LogP) is 4.69. The van der Waals surface area contributed by atoms with Crippen molar-refractivity contribution < 1.29 is 9.90 Å². The van der Waals surface area contributed by atoms with Gasteiger partial charge in [-0.15, -0.1) is 11.3 Å². The first-order valence-electron chi connectivity index (χ1n) is 5.75. The number of hydrogen-bond acceptors (Lipinski definition) is 3. The first kappa shape index (κ1) is 12.9. The van der Waals surface area contributed by atoms with Crippen molar-refractivity contribution in [2.75, 3.05) is 0 Å². The maximum atomic E-state index is 11.3. The van der Waals surface area contributed by atoms with Crippen molar-refractivity contribution in [2.45, 2.75) is 18.8 Å². The molecule has 3 nitrogen and oxygen atoms in total. The smallest absolute Gasteiger partial charge is 0.347 e. The van der Waals surface area contributed by atoms with Crippen LogP contribution < -0.4 is 0 Å². The fourth-order valence-corrected chi connectivity index (χ4v) is 3.35. The molecule has 98 valence electrons. The second-order valence-corrected chi connectivity index (χ2v) is 6.28. The fourth-order valence-electron chi connectivity index (χ4n) is 1.90. The highest BCUT2D eigenvalue weighted by molar-refractivity contribution is 7.17. The monoisotopic (exact) mass is 313 g/mol. The molecule has 0 atom stereocenters. The molecule has 0 unspecified atom stereocenters. The van der Waals surface area contributed by atoms with Crippen LogP contribution in [0.1, 0.15) is 34.1 Å². The largest absolute Gasteiger partial charge is 0.477 e. The topological polar surface area (TPSA) is 50.2 Å². The number of benzene rings is 1. The number of carboxylic acids is 1. The minimum absolute atomic E-state index is 0.286. The standard InChI is InChI=1S/C13H9Cl2NO2S/c14-7-3-4-9(15)8(5-7)12-16-10(6-1-2-6)11(19-12)13(17)18/h3-6H,1-2H2,(H,17,18). The van der Waals surface area contributed by atoms with E-state index in [9.17, 15) is 9.90 Å². The highest BCUT2D eigenvalue weighted by atomic mass is 35.5. The van der Waals surface area contributed by atoms with Gasteiger partial charge in [-0.2, -0.15) is 0 Å². The van der Waals surface area contributed by atoms with E-state index in [0.29, 0.717) is 31.2 Å². The summed E-state index contributed by atoms with van der Waals surface area (Å²) in [5.74, 6) is -0.641. The van der Waals surface area contributed by atoms with E-state index in [4.69, 9.17) is 23.2 Å². The molecule has 1 N–H and O–H groups in total. The van der Waals surface area contributed by atoms with Gasteiger partial charge in [-0.25, -0.2) is 9.78 Å². The summed E-state index contributed by atoms with van der Waals surface area (Å²) < 4.78 is 0. The first-order valence-corrected chi connectivity index (χ1v) is 7.33. The van der Waals surface area contributed by atoms with Crippen LogP contribution in [0.15, 0.2) is 18.2 Å². The van der Waals surface area contributed by atoms with Crippen molar-refractivity contribution in [3.05, 3.63) is 38.8 Å². The van der Waals surface area contributed by atoms with Gasteiger partial charge in [-0.05, 0) is 31.0 Å². The number of carboxylic acid groups (broad SMARTS) is 1. The van der Waals surface area contributed by atoms with Gasteiger partial charge in [0.1, 0.15) is 9.88 Å². The molecule has 0 amide bonds. The van der Waals surface area contributed by atoms with E-state index in [1.165, 1.54) is 0 Å². The molecule has 1 fully saturated rings. The lowest BCUT2D eigenvalue weighted by Gasteiger charge is -2.00. The minimum atomic E-state index is -0.927. The zero-order valence-corrected chi connectivity index (χ0v) is 12.0. The van der Waals surface area contributed by atoms with Crippen molar-refractivity contribution in [3.63, 3.8) is 0 Å². The van der Waals surface area contributed by atoms with E-state index in [1.54, 1.807) is 18.2 Å². The van der Waals surface area contributed by atoms with Gasteiger partial charge in [0, 0.05) is 16.5 Å². The van der Waals surface area contributed by atoms with Crippen LogP contribution in [0.5, 0.6) is 0 Å². The van der Waals surface area contributed by atoms with Gasteiger partial charge in [-0.1, -0.05) is 23.2 Å². The third-order valence-corrected chi connectivity index (χ3v) is 4.63. The molecule has 1 aliphatic rings. The molecule has 0 bridgehead atoms. The number of nitrogens with zero attached hydrogens (tertiary/aromatic N) is 1. The third-order valence-electron chi connectivity index (χ3n) is 2.97. The van der Waals surface area contributed by atoms with Crippen molar-refractivity contribution in [1.29, 1.82) is 0 Å². The molecular weight excluding hydrogens is 305 g/mol. The molecular formula is C13H9Cl2NO2S. The lowest BCUT2D eigenvalue weighted by Crippen LogP contribution is -1.97.